The van der Waals surface area contributed by atoms with Gasteiger partial charge in [0.2, 0.25) is 0 Å². The summed E-state index contributed by atoms with van der Waals surface area (Å²) in [7, 11) is 1.58. The molecule has 0 aliphatic carbocycles. The lowest BCUT2D eigenvalue weighted by Crippen LogP contribution is -2.47. The van der Waals surface area contributed by atoms with E-state index in [2.05, 4.69) is 16.9 Å². The van der Waals surface area contributed by atoms with Crippen LogP contribution in [-0.4, -0.2) is 15.0 Å². The zero-order valence-corrected chi connectivity index (χ0v) is 8.40. The highest BCUT2D eigenvalue weighted by Crippen LogP contribution is 1.70. The van der Waals surface area contributed by atoms with Crippen LogP contribution in [0.25, 0.3) is 12.2 Å². The van der Waals surface area contributed by atoms with Crippen LogP contribution in [0.15, 0.2) is 17.4 Å². The molecule has 0 aromatic carbocycles. The minimum absolute atomic E-state index is 0.130. The van der Waals surface area contributed by atoms with Crippen LogP contribution in [0, 0.1) is 0 Å². The fourth-order valence-electron chi connectivity index (χ4n) is 1.12. The average Bonchev–Trinajstić information content (AvgIpc) is 2.18. The quantitative estimate of drug-likeness (QED) is 0.623. The molecule has 0 saturated heterocycles. The first-order valence-electron chi connectivity index (χ1n) is 4.43. The van der Waals surface area contributed by atoms with E-state index in [4.69, 9.17) is 0 Å². The molecular formula is C10H13N3O. The summed E-state index contributed by atoms with van der Waals surface area (Å²) in [6.45, 7) is 5.53. The summed E-state index contributed by atoms with van der Waals surface area (Å²) in [6.07, 6.45) is 5.90. The van der Waals surface area contributed by atoms with Gasteiger partial charge in [0.15, 0.2) is 0 Å². The summed E-state index contributed by atoms with van der Waals surface area (Å²) in [4.78, 5) is 11.6. The molecule has 0 unspecified atom stereocenters. The first kappa shape index (κ1) is 10.4. The van der Waals surface area contributed by atoms with Crippen LogP contribution >= 0.6 is 0 Å². The van der Waals surface area contributed by atoms with Crippen molar-refractivity contribution >= 4 is 12.2 Å². The van der Waals surface area contributed by atoms with Crippen molar-refractivity contribution in [3.8, 4) is 0 Å². The molecule has 0 aliphatic rings. The van der Waals surface area contributed by atoms with Gasteiger partial charge in [-0.3, -0.25) is 4.79 Å². The van der Waals surface area contributed by atoms with Gasteiger partial charge in [-0.15, -0.1) is 5.10 Å². The van der Waals surface area contributed by atoms with Gasteiger partial charge in [0.25, 0.3) is 5.56 Å². The molecule has 0 amide bonds. The Hall–Kier alpha value is -1.71. The Morgan fingerprint density at radius 1 is 1.57 bits per heavy atom. The maximum atomic E-state index is 11.6. The third kappa shape index (κ3) is 1.96. The molecule has 14 heavy (non-hydrogen) atoms. The van der Waals surface area contributed by atoms with Gasteiger partial charge >= 0.3 is 0 Å². The lowest BCUT2D eigenvalue weighted by molar-refractivity contribution is 0.623. The largest absolute Gasteiger partial charge is 0.277 e. The number of rotatable bonds is 2. The third-order valence-electron chi connectivity index (χ3n) is 1.77. The summed E-state index contributed by atoms with van der Waals surface area (Å²) in [5.74, 6) is 0. The summed E-state index contributed by atoms with van der Waals surface area (Å²) < 4.78 is 1.22. The number of hydrogen-bond donors (Lipinski definition) is 0. The SMILES string of the molecule is C=C/C=c1/nnn(C)c(=O)/c1=C/CC. The van der Waals surface area contributed by atoms with Gasteiger partial charge in [-0.2, -0.15) is 0 Å². The van der Waals surface area contributed by atoms with E-state index >= 15 is 0 Å². The Morgan fingerprint density at radius 3 is 2.86 bits per heavy atom. The molecule has 0 aliphatic heterocycles. The van der Waals surface area contributed by atoms with E-state index in [1.165, 1.54) is 4.68 Å². The predicted octanol–water partition coefficient (Wildman–Crippen LogP) is -0.668. The monoisotopic (exact) mass is 191 g/mol. The van der Waals surface area contributed by atoms with E-state index in [0.717, 1.165) is 6.42 Å². The Morgan fingerprint density at radius 2 is 2.29 bits per heavy atom. The second kappa shape index (κ2) is 4.50. The number of allylic oxidation sites excluding steroid dienone is 1. The van der Waals surface area contributed by atoms with Gasteiger partial charge in [0.1, 0.15) is 0 Å². The second-order valence-electron chi connectivity index (χ2n) is 2.83. The minimum atomic E-state index is -0.130. The zero-order valence-electron chi connectivity index (χ0n) is 8.40. The van der Waals surface area contributed by atoms with E-state index in [0.29, 0.717) is 10.6 Å². The van der Waals surface area contributed by atoms with Crippen LogP contribution in [0.1, 0.15) is 13.3 Å². The third-order valence-corrected chi connectivity index (χ3v) is 1.77. The molecule has 1 heterocycles. The number of aryl methyl sites for hydroxylation is 1. The average molecular weight is 191 g/mol. The molecule has 0 radical (unpaired) electrons. The van der Waals surface area contributed by atoms with Crippen LogP contribution in [0.3, 0.4) is 0 Å². The Kier molecular flexibility index (Phi) is 3.34. The molecule has 4 heteroatoms. The number of aromatic nitrogens is 3. The van der Waals surface area contributed by atoms with E-state index in [1.807, 2.05) is 13.0 Å². The molecule has 74 valence electrons. The van der Waals surface area contributed by atoms with Gasteiger partial charge in [0, 0.05) is 7.05 Å². The van der Waals surface area contributed by atoms with Crippen LogP contribution in [0.4, 0.5) is 0 Å². The molecule has 0 fully saturated rings. The van der Waals surface area contributed by atoms with Gasteiger partial charge in [0.05, 0.1) is 10.6 Å². The van der Waals surface area contributed by atoms with E-state index < -0.39 is 0 Å². The maximum absolute atomic E-state index is 11.6. The second-order valence-corrected chi connectivity index (χ2v) is 2.83. The fraction of sp³-hybridized carbons (Fsp3) is 0.300. The van der Waals surface area contributed by atoms with Gasteiger partial charge in [-0.25, -0.2) is 4.68 Å². The molecule has 0 atom stereocenters. The predicted molar refractivity (Wildman–Crippen MR) is 55.9 cm³/mol. The molecule has 4 nitrogen and oxygen atoms in total. The van der Waals surface area contributed by atoms with Crippen LogP contribution in [0.2, 0.25) is 0 Å². The summed E-state index contributed by atoms with van der Waals surface area (Å²) in [6, 6.07) is 0. The summed E-state index contributed by atoms with van der Waals surface area (Å²) in [5, 5.41) is 8.76. The van der Waals surface area contributed by atoms with Crippen molar-refractivity contribution in [1.29, 1.82) is 0 Å². The lowest BCUT2D eigenvalue weighted by atomic mass is 10.3. The normalized spacial score (nSPS) is 13.3. The fourth-order valence-corrected chi connectivity index (χ4v) is 1.12. The van der Waals surface area contributed by atoms with Crippen molar-refractivity contribution in [2.45, 2.75) is 13.3 Å². The molecule has 0 N–H and O–H groups in total. The molecule has 1 aromatic rings. The first-order chi connectivity index (χ1) is 6.70. The standard InChI is InChI=1S/C10H13N3O/c1-4-6-8-9(7-5-2)11-12-13(3)10(8)14/h5-7H,2,4H2,1,3H3/b8-6+,9-7+. The summed E-state index contributed by atoms with van der Waals surface area (Å²) >= 11 is 0. The Balaban J connectivity index is 3.72. The number of hydrogen-bond acceptors (Lipinski definition) is 3. The molecular weight excluding hydrogens is 178 g/mol. The van der Waals surface area contributed by atoms with Crippen molar-refractivity contribution in [2.24, 2.45) is 7.05 Å². The smallest absolute Gasteiger partial charge is 0.267 e. The van der Waals surface area contributed by atoms with Gasteiger partial charge < -0.3 is 0 Å². The van der Waals surface area contributed by atoms with Crippen molar-refractivity contribution in [3.63, 3.8) is 0 Å². The molecule has 1 rings (SSSR count). The van der Waals surface area contributed by atoms with Crippen molar-refractivity contribution in [2.75, 3.05) is 0 Å². The van der Waals surface area contributed by atoms with Gasteiger partial charge in [-0.05, 0) is 12.5 Å². The lowest BCUT2D eigenvalue weighted by Gasteiger charge is -1.93. The van der Waals surface area contributed by atoms with E-state index in [9.17, 15) is 4.79 Å². The van der Waals surface area contributed by atoms with E-state index in [1.54, 1.807) is 19.2 Å². The van der Waals surface area contributed by atoms with E-state index in [-0.39, 0.29) is 5.56 Å². The Bertz CT molecular complexity index is 499. The summed E-state index contributed by atoms with van der Waals surface area (Å²) in [5.41, 5.74) is -0.130. The zero-order chi connectivity index (χ0) is 10.6. The van der Waals surface area contributed by atoms with Crippen LogP contribution < -0.4 is 16.1 Å². The van der Waals surface area contributed by atoms with Gasteiger partial charge in [-0.1, -0.05) is 30.9 Å². The highest BCUT2D eigenvalue weighted by atomic mass is 16.1. The highest BCUT2D eigenvalue weighted by Gasteiger charge is 1.95. The highest BCUT2D eigenvalue weighted by molar-refractivity contribution is 5.34. The van der Waals surface area contributed by atoms with Crippen LogP contribution in [-0.2, 0) is 7.05 Å². The molecule has 0 saturated carbocycles. The minimum Gasteiger partial charge on any atom is -0.267 e. The topological polar surface area (TPSA) is 47.8 Å². The molecule has 1 aromatic heterocycles. The molecule has 0 bridgehead atoms. The van der Waals surface area contributed by atoms with Crippen LogP contribution in [0.5, 0.6) is 0 Å². The first-order valence-corrected chi connectivity index (χ1v) is 4.43. The number of nitrogens with zero attached hydrogens (tertiary/aromatic N) is 3. The van der Waals surface area contributed by atoms with Crippen molar-refractivity contribution in [3.05, 3.63) is 33.6 Å². The van der Waals surface area contributed by atoms with Crippen molar-refractivity contribution in [1.82, 2.24) is 15.0 Å². The Labute approximate surface area is 81.9 Å². The maximum Gasteiger partial charge on any atom is 0.277 e. The molecule has 0 spiro atoms. The van der Waals surface area contributed by atoms with Crippen molar-refractivity contribution < 1.29 is 0 Å².